The molecule has 0 radical (unpaired) electrons. The van der Waals surface area contributed by atoms with E-state index in [0.717, 1.165) is 22.4 Å². The van der Waals surface area contributed by atoms with Crippen molar-refractivity contribution in [1.29, 1.82) is 0 Å². The summed E-state index contributed by atoms with van der Waals surface area (Å²) in [5.41, 5.74) is 3.72. The molecular weight excluding hydrogens is 288 g/mol. The van der Waals surface area contributed by atoms with Gasteiger partial charge in [-0.3, -0.25) is 0 Å². The van der Waals surface area contributed by atoms with Crippen LogP contribution in [0.5, 0.6) is 0 Å². The average molecular weight is 312 g/mol. The maximum atomic E-state index is 12.1. The summed E-state index contributed by atoms with van der Waals surface area (Å²) < 4.78 is 0. The Morgan fingerprint density at radius 3 is 2.30 bits per heavy atom. The first kappa shape index (κ1) is 17.0. The number of hydrogen-bond donors (Lipinski definition) is 3. The van der Waals surface area contributed by atoms with Gasteiger partial charge >= 0.3 is 6.03 Å². The molecule has 0 spiro atoms. The second-order valence-corrected chi connectivity index (χ2v) is 5.95. The molecule has 3 N–H and O–H groups in total. The van der Waals surface area contributed by atoms with Gasteiger partial charge in [0.25, 0.3) is 0 Å². The van der Waals surface area contributed by atoms with E-state index in [-0.39, 0.29) is 12.6 Å². The summed E-state index contributed by atoms with van der Waals surface area (Å²) >= 11 is 0. The van der Waals surface area contributed by atoms with E-state index in [1.165, 1.54) is 0 Å². The SMILES string of the molecule is Cc1ccccc1C(O)CNC(=O)Nc1ccccc1C(C)C. The number of benzene rings is 2. The highest BCUT2D eigenvalue weighted by Crippen LogP contribution is 2.23. The topological polar surface area (TPSA) is 61.4 Å². The van der Waals surface area contributed by atoms with E-state index in [0.29, 0.717) is 5.92 Å². The molecule has 2 aromatic carbocycles. The minimum atomic E-state index is -0.720. The average Bonchev–Trinajstić information content (AvgIpc) is 2.53. The molecule has 0 aliphatic rings. The van der Waals surface area contributed by atoms with Crippen molar-refractivity contribution in [2.45, 2.75) is 32.8 Å². The fourth-order valence-electron chi connectivity index (χ4n) is 2.54. The molecule has 23 heavy (non-hydrogen) atoms. The Morgan fingerprint density at radius 2 is 1.65 bits per heavy atom. The van der Waals surface area contributed by atoms with Gasteiger partial charge < -0.3 is 15.7 Å². The first-order valence-electron chi connectivity index (χ1n) is 7.86. The van der Waals surface area contributed by atoms with Gasteiger partial charge in [0.1, 0.15) is 0 Å². The van der Waals surface area contributed by atoms with Crippen molar-refractivity contribution >= 4 is 11.7 Å². The summed E-state index contributed by atoms with van der Waals surface area (Å²) in [5.74, 6) is 0.323. The van der Waals surface area contributed by atoms with Crippen LogP contribution in [0.2, 0.25) is 0 Å². The molecule has 4 heteroatoms. The summed E-state index contributed by atoms with van der Waals surface area (Å²) in [4.78, 5) is 12.1. The van der Waals surface area contributed by atoms with E-state index in [1.807, 2.05) is 55.5 Å². The second-order valence-electron chi connectivity index (χ2n) is 5.95. The standard InChI is InChI=1S/C19H24N2O2/c1-13(2)15-9-6-7-11-17(15)21-19(23)20-12-18(22)16-10-5-4-8-14(16)3/h4-11,13,18,22H,12H2,1-3H3,(H2,20,21,23). The first-order valence-corrected chi connectivity index (χ1v) is 7.86. The molecule has 0 aromatic heterocycles. The molecule has 122 valence electrons. The molecular formula is C19H24N2O2. The Kier molecular flexibility index (Phi) is 5.77. The van der Waals surface area contributed by atoms with Gasteiger partial charge in [0.05, 0.1) is 6.10 Å². The van der Waals surface area contributed by atoms with Gasteiger partial charge in [-0.15, -0.1) is 0 Å². The quantitative estimate of drug-likeness (QED) is 0.782. The second kappa shape index (κ2) is 7.79. The van der Waals surface area contributed by atoms with Gasteiger partial charge in [0.15, 0.2) is 0 Å². The molecule has 2 aromatic rings. The van der Waals surface area contributed by atoms with Crippen LogP contribution in [0.1, 0.15) is 42.6 Å². The fourth-order valence-corrected chi connectivity index (χ4v) is 2.54. The molecule has 0 heterocycles. The minimum absolute atomic E-state index is 0.167. The molecule has 0 saturated heterocycles. The predicted octanol–water partition coefficient (Wildman–Crippen LogP) is 3.97. The highest BCUT2D eigenvalue weighted by atomic mass is 16.3. The summed E-state index contributed by atoms with van der Waals surface area (Å²) in [5, 5.41) is 15.8. The number of aryl methyl sites for hydroxylation is 1. The number of hydrogen-bond acceptors (Lipinski definition) is 2. The lowest BCUT2D eigenvalue weighted by Gasteiger charge is -2.17. The number of carbonyl (C=O) groups excluding carboxylic acids is 1. The van der Waals surface area contributed by atoms with E-state index >= 15 is 0 Å². The zero-order valence-corrected chi connectivity index (χ0v) is 13.8. The molecule has 4 nitrogen and oxygen atoms in total. The summed E-state index contributed by atoms with van der Waals surface area (Å²) in [7, 11) is 0. The number of anilines is 1. The van der Waals surface area contributed by atoms with Crippen molar-refractivity contribution in [2.75, 3.05) is 11.9 Å². The lowest BCUT2D eigenvalue weighted by molar-refractivity contribution is 0.174. The lowest BCUT2D eigenvalue weighted by Crippen LogP contribution is -2.32. The summed E-state index contributed by atoms with van der Waals surface area (Å²) in [6.07, 6.45) is -0.720. The van der Waals surface area contributed by atoms with Gasteiger partial charge in [-0.05, 0) is 35.6 Å². The highest BCUT2D eigenvalue weighted by molar-refractivity contribution is 5.90. The molecule has 2 amide bonds. The van der Waals surface area contributed by atoms with E-state index < -0.39 is 6.10 Å². The van der Waals surface area contributed by atoms with E-state index in [2.05, 4.69) is 24.5 Å². The van der Waals surface area contributed by atoms with Crippen LogP contribution in [-0.2, 0) is 0 Å². The van der Waals surface area contributed by atoms with Gasteiger partial charge in [-0.25, -0.2) is 4.79 Å². The Labute approximate surface area is 137 Å². The van der Waals surface area contributed by atoms with Crippen molar-refractivity contribution in [3.8, 4) is 0 Å². The minimum Gasteiger partial charge on any atom is -0.387 e. The summed E-state index contributed by atoms with van der Waals surface area (Å²) in [6, 6.07) is 15.0. The van der Waals surface area contributed by atoms with E-state index in [4.69, 9.17) is 0 Å². The van der Waals surface area contributed by atoms with Crippen molar-refractivity contribution in [3.63, 3.8) is 0 Å². The number of amides is 2. The van der Waals surface area contributed by atoms with Crippen LogP contribution in [-0.4, -0.2) is 17.7 Å². The van der Waals surface area contributed by atoms with E-state index in [1.54, 1.807) is 0 Å². The normalized spacial score (nSPS) is 12.0. The van der Waals surface area contributed by atoms with Crippen LogP contribution in [0.4, 0.5) is 10.5 Å². The zero-order valence-electron chi connectivity index (χ0n) is 13.8. The molecule has 0 aliphatic heterocycles. The number of aliphatic hydroxyl groups is 1. The van der Waals surface area contributed by atoms with Crippen molar-refractivity contribution in [3.05, 3.63) is 65.2 Å². The summed E-state index contributed by atoms with van der Waals surface area (Å²) in [6.45, 7) is 6.28. The fraction of sp³-hybridized carbons (Fsp3) is 0.316. The third-order valence-electron chi connectivity index (χ3n) is 3.83. The maximum Gasteiger partial charge on any atom is 0.319 e. The van der Waals surface area contributed by atoms with Crippen LogP contribution in [0.25, 0.3) is 0 Å². The third kappa shape index (κ3) is 4.57. The Morgan fingerprint density at radius 1 is 1.04 bits per heavy atom. The number of rotatable bonds is 5. The molecule has 0 saturated carbocycles. The van der Waals surface area contributed by atoms with Gasteiger partial charge in [0.2, 0.25) is 0 Å². The Hall–Kier alpha value is -2.33. The van der Waals surface area contributed by atoms with Crippen molar-refractivity contribution in [1.82, 2.24) is 5.32 Å². The first-order chi connectivity index (χ1) is 11.0. The predicted molar refractivity (Wildman–Crippen MR) is 93.7 cm³/mol. The number of carbonyl (C=O) groups is 1. The maximum absolute atomic E-state index is 12.1. The molecule has 1 unspecified atom stereocenters. The lowest BCUT2D eigenvalue weighted by atomic mass is 10.0. The van der Waals surface area contributed by atoms with Gasteiger partial charge in [-0.2, -0.15) is 0 Å². The van der Waals surface area contributed by atoms with Gasteiger partial charge in [-0.1, -0.05) is 56.3 Å². The van der Waals surface area contributed by atoms with E-state index in [9.17, 15) is 9.90 Å². The Bertz CT molecular complexity index is 668. The van der Waals surface area contributed by atoms with Gasteiger partial charge in [0, 0.05) is 12.2 Å². The molecule has 0 bridgehead atoms. The third-order valence-corrected chi connectivity index (χ3v) is 3.83. The van der Waals surface area contributed by atoms with Crippen LogP contribution in [0, 0.1) is 6.92 Å². The molecule has 0 aliphatic carbocycles. The molecule has 2 rings (SSSR count). The smallest absolute Gasteiger partial charge is 0.319 e. The van der Waals surface area contributed by atoms with Crippen LogP contribution in [0.15, 0.2) is 48.5 Å². The number of urea groups is 1. The molecule has 1 atom stereocenters. The monoisotopic (exact) mass is 312 g/mol. The Balaban J connectivity index is 1.95. The van der Waals surface area contributed by atoms with Crippen LogP contribution >= 0.6 is 0 Å². The zero-order chi connectivity index (χ0) is 16.8. The number of aliphatic hydroxyl groups excluding tert-OH is 1. The van der Waals surface area contributed by atoms with Crippen LogP contribution in [0.3, 0.4) is 0 Å². The largest absolute Gasteiger partial charge is 0.387 e. The van der Waals surface area contributed by atoms with Crippen molar-refractivity contribution < 1.29 is 9.90 Å². The van der Waals surface area contributed by atoms with Crippen LogP contribution < -0.4 is 10.6 Å². The number of para-hydroxylation sites is 1. The molecule has 0 fully saturated rings. The van der Waals surface area contributed by atoms with Crippen molar-refractivity contribution in [2.24, 2.45) is 0 Å². The number of nitrogens with one attached hydrogen (secondary N) is 2. The highest BCUT2D eigenvalue weighted by Gasteiger charge is 2.13.